The van der Waals surface area contributed by atoms with Gasteiger partial charge in [0.25, 0.3) is 0 Å². The zero-order valence-corrected chi connectivity index (χ0v) is 11.6. The Bertz CT molecular complexity index is 695. The minimum Gasteiger partial charge on any atom is -0.508 e. The maximum absolute atomic E-state index is 9.75. The van der Waals surface area contributed by atoms with Gasteiger partial charge in [-0.2, -0.15) is 0 Å². The first-order chi connectivity index (χ1) is 9.83. The normalized spacial score (nSPS) is 10.4. The van der Waals surface area contributed by atoms with Gasteiger partial charge in [0.05, 0.1) is 0 Å². The number of para-hydroxylation sites is 1. The molecule has 0 saturated heterocycles. The molecular weight excluding hydrogens is 268 g/mol. The molecule has 0 bridgehead atoms. The average Bonchev–Trinajstić information content (AvgIpc) is 3.01. The summed E-state index contributed by atoms with van der Waals surface area (Å²) in [5.74, 6) is 0.316. The molecular formula is C16H14N2OS. The predicted octanol–water partition coefficient (Wildman–Crippen LogP) is 4.13. The van der Waals surface area contributed by atoms with E-state index in [1.165, 1.54) is 0 Å². The molecule has 0 radical (unpaired) electrons. The molecule has 3 rings (SSSR count). The standard InChI is InChI=1S/C16H14N2OS/c19-15-7-2-1-4-13(15)11-18-14-6-3-5-12(10-14)16-17-8-9-20-16/h1-10,18-19H,11H2. The highest BCUT2D eigenvalue weighted by Crippen LogP contribution is 2.25. The van der Waals surface area contributed by atoms with Crippen molar-refractivity contribution in [2.24, 2.45) is 0 Å². The number of nitrogens with zero attached hydrogens (tertiary/aromatic N) is 1. The zero-order valence-electron chi connectivity index (χ0n) is 10.8. The van der Waals surface area contributed by atoms with E-state index in [4.69, 9.17) is 0 Å². The van der Waals surface area contributed by atoms with E-state index < -0.39 is 0 Å². The summed E-state index contributed by atoms with van der Waals surface area (Å²) in [5, 5.41) is 16.0. The summed E-state index contributed by atoms with van der Waals surface area (Å²) in [6, 6.07) is 15.5. The molecule has 0 aliphatic heterocycles. The molecule has 0 aliphatic rings. The van der Waals surface area contributed by atoms with Crippen LogP contribution < -0.4 is 5.32 Å². The summed E-state index contributed by atoms with van der Waals surface area (Å²) in [5.41, 5.74) is 3.00. The molecule has 0 atom stereocenters. The van der Waals surface area contributed by atoms with Gasteiger partial charge in [-0.25, -0.2) is 4.98 Å². The number of aromatic hydroxyl groups is 1. The maximum Gasteiger partial charge on any atom is 0.123 e. The number of hydrogen-bond acceptors (Lipinski definition) is 4. The summed E-state index contributed by atoms with van der Waals surface area (Å²) in [6.07, 6.45) is 1.81. The Morgan fingerprint density at radius 3 is 2.80 bits per heavy atom. The highest BCUT2D eigenvalue weighted by atomic mass is 32.1. The average molecular weight is 282 g/mol. The topological polar surface area (TPSA) is 45.1 Å². The van der Waals surface area contributed by atoms with Crippen LogP contribution in [0.2, 0.25) is 0 Å². The molecule has 0 saturated carbocycles. The molecule has 0 amide bonds. The van der Waals surface area contributed by atoms with Crippen molar-refractivity contribution in [3.63, 3.8) is 0 Å². The van der Waals surface area contributed by atoms with Gasteiger partial charge >= 0.3 is 0 Å². The Kier molecular flexibility index (Phi) is 3.65. The highest BCUT2D eigenvalue weighted by Gasteiger charge is 2.03. The molecule has 0 fully saturated rings. The summed E-state index contributed by atoms with van der Waals surface area (Å²) in [6.45, 7) is 0.591. The van der Waals surface area contributed by atoms with Gasteiger partial charge in [0.2, 0.25) is 0 Å². The van der Waals surface area contributed by atoms with Crippen molar-refractivity contribution in [1.82, 2.24) is 4.98 Å². The van der Waals surface area contributed by atoms with Gasteiger partial charge in [-0.1, -0.05) is 30.3 Å². The van der Waals surface area contributed by atoms with Gasteiger partial charge in [0.15, 0.2) is 0 Å². The number of nitrogens with one attached hydrogen (secondary N) is 1. The van der Waals surface area contributed by atoms with E-state index in [1.807, 2.05) is 48.0 Å². The van der Waals surface area contributed by atoms with Gasteiger partial charge < -0.3 is 10.4 Å². The quantitative estimate of drug-likeness (QED) is 0.756. The highest BCUT2D eigenvalue weighted by molar-refractivity contribution is 7.13. The lowest BCUT2D eigenvalue weighted by molar-refractivity contribution is 0.469. The molecule has 3 aromatic rings. The Morgan fingerprint density at radius 1 is 1.10 bits per heavy atom. The molecule has 4 heteroatoms. The molecule has 2 aromatic carbocycles. The van der Waals surface area contributed by atoms with Gasteiger partial charge in [-0.3, -0.25) is 0 Å². The van der Waals surface area contributed by atoms with E-state index in [1.54, 1.807) is 17.4 Å². The number of hydrogen-bond donors (Lipinski definition) is 2. The van der Waals surface area contributed by atoms with Crippen molar-refractivity contribution < 1.29 is 5.11 Å². The summed E-state index contributed by atoms with van der Waals surface area (Å²) < 4.78 is 0. The van der Waals surface area contributed by atoms with Crippen LogP contribution >= 0.6 is 11.3 Å². The Balaban J connectivity index is 1.75. The Hall–Kier alpha value is -2.33. The molecule has 1 aromatic heterocycles. The minimum atomic E-state index is 0.316. The molecule has 100 valence electrons. The van der Waals surface area contributed by atoms with E-state index >= 15 is 0 Å². The van der Waals surface area contributed by atoms with Crippen LogP contribution in [0.3, 0.4) is 0 Å². The lowest BCUT2D eigenvalue weighted by Gasteiger charge is -2.09. The summed E-state index contributed by atoms with van der Waals surface area (Å²) in [4.78, 5) is 4.31. The largest absolute Gasteiger partial charge is 0.508 e. The van der Waals surface area contributed by atoms with Gasteiger partial charge in [0.1, 0.15) is 10.8 Å². The number of benzene rings is 2. The van der Waals surface area contributed by atoms with Crippen molar-refractivity contribution in [1.29, 1.82) is 0 Å². The number of anilines is 1. The van der Waals surface area contributed by atoms with E-state index in [0.29, 0.717) is 12.3 Å². The Labute approximate surface area is 121 Å². The van der Waals surface area contributed by atoms with Crippen LogP contribution in [0, 0.1) is 0 Å². The molecule has 0 aliphatic carbocycles. The second-order valence-electron chi connectivity index (χ2n) is 4.40. The van der Waals surface area contributed by atoms with Crippen molar-refractivity contribution in [3.8, 4) is 16.3 Å². The number of thiazole rings is 1. The van der Waals surface area contributed by atoms with Crippen molar-refractivity contribution >= 4 is 17.0 Å². The Morgan fingerprint density at radius 2 is 2.00 bits per heavy atom. The number of phenols is 1. The van der Waals surface area contributed by atoms with Crippen LogP contribution in [0.4, 0.5) is 5.69 Å². The molecule has 20 heavy (non-hydrogen) atoms. The van der Waals surface area contributed by atoms with Crippen molar-refractivity contribution in [3.05, 3.63) is 65.7 Å². The number of rotatable bonds is 4. The van der Waals surface area contributed by atoms with Gasteiger partial charge in [-0.15, -0.1) is 11.3 Å². The fourth-order valence-corrected chi connectivity index (χ4v) is 2.62. The second-order valence-corrected chi connectivity index (χ2v) is 5.29. The maximum atomic E-state index is 9.75. The van der Waals surface area contributed by atoms with Crippen LogP contribution in [0.5, 0.6) is 5.75 Å². The summed E-state index contributed by atoms with van der Waals surface area (Å²) in [7, 11) is 0. The lowest BCUT2D eigenvalue weighted by Crippen LogP contribution is -1.99. The fourth-order valence-electron chi connectivity index (χ4n) is 1.99. The van der Waals surface area contributed by atoms with Crippen molar-refractivity contribution in [2.75, 3.05) is 5.32 Å². The monoisotopic (exact) mass is 282 g/mol. The third kappa shape index (κ3) is 2.81. The third-order valence-electron chi connectivity index (χ3n) is 3.02. The second kappa shape index (κ2) is 5.75. The van der Waals surface area contributed by atoms with Crippen LogP contribution in [0.25, 0.3) is 10.6 Å². The van der Waals surface area contributed by atoms with Gasteiger partial charge in [0, 0.05) is 34.9 Å². The first kappa shape index (κ1) is 12.7. The fraction of sp³-hybridized carbons (Fsp3) is 0.0625. The van der Waals surface area contributed by atoms with E-state index in [2.05, 4.69) is 16.4 Å². The van der Waals surface area contributed by atoms with Crippen LogP contribution in [0.1, 0.15) is 5.56 Å². The smallest absolute Gasteiger partial charge is 0.123 e. The molecule has 0 spiro atoms. The van der Waals surface area contributed by atoms with Crippen LogP contribution in [-0.2, 0) is 6.54 Å². The zero-order chi connectivity index (χ0) is 13.8. The minimum absolute atomic E-state index is 0.316. The van der Waals surface area contributed by atoms with E-state index in [-0.39, 0.29) is 0 Å². The van der Waals surface area contributed by atoms with Gasteiger partial charge in [-0.05, 0) is 18.2 Å². The van der Waals surface area contributed by atoms with Crippen molar-refractivity contribution in [2.45, 2.75) is 6.54 Å². The lowest BCUT2D eigenvalue weighted by atomic mass is 10.1. The number of phenolic OH excluding ortho intramolecular Hbond substituents is 1. The molecule has 1 heterocycles. The predicted molar refractivity (Wildman–Crippen MR) is 83.0 cm³/mol. The number of aromatic nitrogens is 1. The molecule has 0 unspecified atom stereocenters. The molecule has 3 nitrogen and oxygen atoms in total. The van der Waals surface area contributed by atoms with Crippen LogP contribution in [0.15, 0.2) is 60.1 Å². The van der Waals surface area contributed by atoms with E-state index in [0.717, 1.165) is 21.8 Å². The first-order valence-corrected chi connectivity index (χ1v) is 7.21. The summed E-state index contributed by atoms with van der Waals surface area (Å²) >= 11 is 1.62. The van der Waals surface area contributed by atoms with E-state index in [9.17, 15) is 5.11 Å². The molecule has 2 N–H and O–H groups in total. The first-order valence-electron chi connectivity index (χ1n) is 6.33. The SMILES string of the molecule is Oc1ccccc1CNc1cccc(-c2nccs2)c1. The third-order valence-corrected chi connectivity index (χ3v) is 3.84. The van der Waals surface area contributed by atoms with Crippen LogP contribution in [-0.4, -0.2) is 10.1 Å².